The summed E-state index contributed by atoms with van der Waals surface area (Å²) in [4.78, 5) is 28.2. The number of nitrogens with one attached hydrogen (secondary N) is 1. The van der Waals surface area contributed by atoms with Gasteiger partial charge >= 0.3 is 0 Å². The maximum atomic E-state index is 13.9. The molecule has 0 heterocycles. The fourth-order valence-corrected chi connectivity index (χ4v) is 5.83. The first-order chi connectivity index (χ1) is 18.4. The van der Waals surface area contributed by atoms with Gasteiger partial charge in [-0.25, -0.2) is 8.42 Å². The largest absolute Gasteiger partial charge is 0.354 e. The molecule has 0 aliphatic rings. The van der Waals surface area contributed by atoms with Gasteiger partial charge in [-0.15, -0.1) is 0 Å². The van der Waals surface area contributed by atoms with Crippen LogP contribution < -0.4 is 9.62 Å². The second kappa shape index (κ2) is 13.3. The lowest BCUT2D eigenvalue weighted by Crippen LogP contribution is -2.51. The van der Waals surface area contributed by atoms with E-state index >= 15 is 0 Å². The van der Waals surface area contributed by atoms with E-state index in [1.165, 1.54) is 35.2 Å². The van der Waals surface area contributed by atoms with E-state index in [-0.39, 0.29) is 33.1 Å². The van der Waals surface area contributed by atoms with Gasteiger partial charge in [-0.05, 0) is 63.1 Å². The van der Waals surface area contributed by atoms with Gasteiger partial charge in [0.05, 0.1) is 10.6 Å². The van der Waals surface area contributed by atoms with Crippen LogP contribution in [0, 0.1) is 13.8 Å². The van der Waals surface area contributed by atoms with Gasteiger partial charge in [0, 0.05) is 23.1 Å². The van der Waals surface area contributed by atoms with Gasteiger partial charge in [-0.2, -0.15) is 0 Å². The number of hydrogen-bond donors (Lipinski definition) is 1. The van der Waals surface area contributed by atoms with Crippen molar-refractivity contribution in [1.82, 2.24) is 10.2 Å². The van der Waals surface area contributed by atoms with Crippen molar-refractivity contribution >= 4 is 50.7 Å². The van der Waals surface area contributed by atoms with E-state index in [2.05, 4.69) is 5.32 Å². The number of hydrogen-bond acceptors (Lipinski definition) is 4. The molecule has 10 heteroatoms. The van der Waals surface area contributed by atoms with Crippen molar-refractivity contribution in [2.75, 3.05) is 17.4 Å². The summed E-state index contributed by atoms with van der Waals surface area (Å²) in [6.45, 7) is 7.39. The van der Waals surface area contributed by atoms with Crippen molar-refractivity contribution < 1.29 is 18.0 Å². The van der Waals surface area contributed by atoms with Crippen LogP contribution in [0.4, 0.5) is 5.69 Å². The number of nitrogens with zero attached hydrogens (tertiary/aromatic N) is 2. The molecule has 0 radical (unpaired) electrons. The highest BCUT2D eigenvalue weighted by molar-refractivity contribution is 7.92. The number of benzene rings is 3. The van der Waals surface area contributed by atoms with Crippen LogP contribution >= 0.6 is 23.2 Å². The third-order valence-corrected chi connectivity index (χ3v) is 8.44. The summed E-state index contributed by atoms with van der Waals surface area (Å²) < 4.78 is 28.7. The summed E-state index contributed by atoms with van der Waals surface area (Å²) in [6, 6.07) is 17.4. The maximum absolute atomic E-state index is 13.9. The minimum Gasteiger partial charge on any atom is -0.354 e. The van der Waals surface area contributed by atoms with E-state index in [0.29, 0.717) is 6.54 Å². The van der Waals surface area contributed by atoms with Crippen molar-refractivity contribution in [2.24, 2.45) is 0 Å². The predicted octanol–water partition coefficient (Wildman–Crippen LogP) is 5.75. The van der Waals surface area contributed by atoms with Gasteiger partial charge in [-0.1, -0.05) is 77.7 Å². The zero-order valence-electron chi connectivity index (χ0n) is 22.4. The van der Waals surface area contributed by atoms with Crippen molar-refractivity contribution in [1.29, 1.82) is 0 Å². The van der Waals surface area contributed by atoms with Gasteiger partial charge < -0.3 is 10.2 Å². The van der Waals surface area contributed by atoms with Gasteiger partial charge in [0.25, 0.3) is 10.0 Å². The van der Waals surface area contributed by atoms with E-state index in [1.807, 2.05) is 45.0 Å². The van der Waals surface area contributed by atoms with Gasteiger partial charge in [0.2, 0.25) is 11.8 Å². The van der Waals surface area contributed by atoms with E-state index in [1.54, 1.807) is 19.1 Å². The lowest BCUT2D eigenvalue weighted by Gasteiger charge is -2.32. The summed E-state index contributed by atoms with van der Waals surface area (Å²) in [5.41, 5.74) is 2.89. The Morgan fingerprint density at radius 1 is 0.897 bits per heavy atom. The average Bonchev–Trinajstić information content (AvgIpc) is 2.89. The smallest absolute Gasteiger partial charge is 0.264 e. The van der Waals surface area contributed by atoms with Crippen LogP contribution in [0.2, 0.25) is 10.0 Å². The topological polar surface area (TPSA) is 86.8 Å². The standard InChI is InChI=1S/C29H33Cl2N3O4S/c1-5-14-32-29(36)22(4)33(18-23-10-6-20(2)7-11-23)28(35)19-34(26-16-24(30)15-25(31)17-26)39(37,38)27-12-8-21(3)9-13-27/h6-13,15-17,22H,5,14,18-19H2,1-4H3,(H,32,36)/t22-/m0/s1. The highest BCUT2D eigenvalue weighted by atomic mass is 35.5. The normalized spacial score (nSPS) is 12.1. The molecule has 1 atom stereocenters. The van der Waals surface area contributed by atoms with Crippen molar-refractivity contribution in [2.45, 2.75) is 51.6 Å². The Bertz CT molecular complexity index is 1390. The molecule has 0 aromatic heterocycles. The first kappa shape index (κ1) is 30.5. The molecule has 208 valence electrons. The quantitative estimate of drug-likeness (QED) is 0.308. The van der Waals surface area contributed by atoms with Crippen LogP contribution in [-0.2, 0) is 26.2 Å². The zero-order chi connectivity index (χ0) is 28.7. The Kier molecular flexibility index (Phi) is 10.4. The maximum Gasteiger partial charge on any atom is 0.264 e. The molecule has 0 saturated heterocycles. The van der Waals surface area contributed by atoms with E-state index in [9.17, 15) is 18.0 Å². The fraction of sp³-hybridized carbons (Fsp3) is 0.310. The number of amides is 2. The van der Waals surface area contributed by atoms with E-state index in [4.69, 9.17) is 23.2 Å². The Balaban J connectivity index is 2.04. The van der Waals surface area contributed by atoms with Crippen LogP contribution in [0.25, 0.3) is 0 Å². The molecule has 1 N–H and O–H groups in total. The Morgan fingerprint density at radius 3 is 1.97 bits per heavy atom. The summed E-state index contributed by atoms with van der Waals surface area (Å²) in [5, 5.41) is 3.26. The molecule has 3 aromatic rings. The van der Waals surface area contributed by atoms with E-state index in [0.717, 1.165) is 27.4 Å². The number of carbonyl (C=O) groups excluding carboxylic acids is 2. The molecular formula is C29H33Cl2N3O4S. The molecule has 0 unspecified atom stereocenters. The van der Waals surface area contributed by atoms with Crippen LogP contribution in [0.15, 0.2) is 71.6 Å². The van der Waals surface area contributed by atoms with Crippen LogP contribution in [0.1, 0.15) is 37.0 Å². The van der Waals surface area contributed by atoms with Crippen molar-refractivity contribution in [3.05, 3.63) is 93.5 Å². The molecular weight excluding hydrogens is 557 g/mol. The fourth-order valence-electron chi connectivity index (χ4n) is 3.92. The molecule has 0 spiro atoms. The molecule has 0 saturated carbocycles. The number of carbonyl (C=O) groups is 2. The number of sulfonamides is 1. The summed E-state index contributed by atoms with van der Waals surface area (Å²) >= 11 is 12.4. The van der Waals surface area contributed by atoms with Crippen LogP contribution in [0.5, 0.6) is 0 Å². The number of anilines is 1. The predicted molar refractivity (Wildman–Crippen MR) is 157 cm³/mol. The third kappa shape index (κ3) is 7.97. The lowest BCUT2D eigenvalue weighted by atomic mass is 10.1. The molecule has 3 aromatic carbocycles. The minimum absolute atomic E-state index is 0.0100. The monoisotopic (exact) mass is 589 g/mol. The van der Waals surface area contributed by atoms with Gasteiger partial charge in [0.15, 0.2) is 0 Å². The second-order valence-electron chi connectivity index (χ2n) is 9.43. The summed E-state index contributed by atoms with van der Waals surface area (Å²) in [6.07, 6.45) is 0.739. The number of aryl methyl sites for hydroxylation is 2. The Labute approximate surface area is 240 Å². The summed E-state index contributed by atoms with van der Waals surface area (Å²) in [7, 11) is -4.20. The average molecular weight is 591 g/mol. The molecule has 39 heavy (non-hydrogen) atoms. The Hall–Kier alpha value is -3.07. The molecule has 0 bridgehead atoms. The number of halogens is 2. The minimum atomic E-state index is -4.20. The van der Waals surface area contributed by atoms with Crippen molar-refractivity contribution in [3.63, 3.8) is 0 Å². The van der Waals surface area contributed by atoms with Crippen LogP contribution in [-0.4, -0.2) is 44.3 Å². The molecule has 2 amide bonds. The SMILES string of the molecule is CCCNC(=O)[C@H](C)N(Cc1ccc(C)cc1)C(=O)CN(c1cc(Cl)cc(Cl)c1)S(=O)(=O)c1ccc(C)cc1. The number of rotatable bonds is 11. The van der Waals surface area contributed by atoms with Gasteiger partial charge in [0.1, 0.15) is 12.6 Å². The molecule has 3 rings (SSSR count). The van der Waals surface area contributed by atoms with Crippen LogP contribution in [0.3, 0.4) is 0 Å². The molecule has 0 aliphatic heterocycles. The van der Waals surface area contributed by atoms with E-state index < -0.39 is 28.5 Å². The van der Waals surface area contributed by atoms with Crippen molar-refractivity contribution in [3.8, 4) is 0 Å². The third-order valence-electron chi connectivity index (χ3n) is 6.21. The Morgan fingerprint density at radius 2 is 1.44 bits per heavy atom. The summed E-state index contributed by atoms with van der Waals surface area (Å²) in [5.74, 6) is -0.877. The zero-order valence-corrected chi connectivity index (χ0v) is 24.8. The highest BCUT2D eigenvalue weighted by Crippen LogP contribution is 2.30. The molecule has 0 fully saturated rings. The molecule has 7 nitrogen and oxygen atoms in total. The second-order valence-corrected chi connectivity index (χ2v) is 12.2. The highest BCUT2D eigenvalue weighted by Gasteiger charge is 2.32. The lowest BCUT2D eigenvalue weighted by molar-refractivity contribution is -0.139. The first-order valence-electron chi connectivity index (χ1n) is 12.6. The van der Waals surface area contributed by atoms with Gasteiger partial charge in [-0.3, -0.25) is 13.9 Å². The first-order valence-corrected chi connectivity index (χ1v) is 14.8. The molecule has 0 aliphatic carbocycles.